The van der Waals surface area contributed by atoms with E-state index in [-0.39, 0.29) is 17.6 Å². The van der Waals surface area contributed by atoms with Gasteiger partial charge in [-0.1, -0.05) is 43.3 Å². The van der Waals surface area contributed by atoms with Crippen molar-refractivity contribution in [3.8, 4) is 11.3 Å². The molecule has 0 radical (unpaired) electrons. The highest BCUT2D eigenvalue weighted by Crippen LogP contribution is 2.43. The number of benzene rings is 2. The van der Waals surface area contributed by atoms with Crippen molar-refractivity contribution in [2.75, 3.05) is 4.90 Å². The molecule has 0 aliphatic carbocycles. The van der Waals surface area contributed by atoms with Crippen LogP contribution in [0.4, 0.5) is 5.69 Å². The number of carbonyl (C=O) groups is 1. The summed E-state index contributed by atoms with van der Waals surface area (Å²) in [5.74, 6) is 0.158. The van der Waals surface area contributed by atoms with Gasteiger partial charge >= 0.3 is 5.97 Å². The van der Waals surface area contributed by atoms with Gasteiger partial charge in [-0.15, -0.1) is 0 Å². The van der Waals surface area contributed by atoms with Crippen molar-refractivity contribution >= 4 is 29.0 Å². The third-order valence-corrected chi connectivity index (χ3v) is 6.38. The molecule has 34 heavy (non-hydrogen) atoms. The second kappa shape index (κ2) is 9.11. The van der Waals surface area contributed by atoms with Gasteiger partial charge in [0.1, 0.15) is 17.6 Å². The molecule has 0 spiro atoms. The number of thiocarbonyl (C=S) groups is 1. The molecule has 4 aromatic rings. The third kappa shape index (κ3) is 3.95. The van der Waals surface area contributed by atoms with Crippen LogP contribution in [0.15, 0.2) is 89.5 Å². The van der Waals surface area contributed by atoms with E-state index in [0.29, 0.717) is 22.2 Å². The van der Waals surface area contributed by atoms with E-state index < -0.39 is 5.97 Å². The van der Waals surface area contributed by atoms with E-state index in [1.165, 1.54) is 5.56 Å². The number of rotatable bonds is 6. The smallest absolute Gasteiger partial charge is 0.336 e. The maximum atomic E-state index is 11.7. The van der Waals surface area contributed by atoms with Crippen LogP contribution in [0.3, 0.4) is 0 Å². The van der Waals surface area contributed by atoms with Gasteiger partial charge in [0.05, 0.1) is 17.3 Å². The Morgan fingerprint density at radius 3 is 2.53 bits per heavy atom. The molecule has 0 saturated carbocycles. The van der Waals surface area contributed by atoms with Gasteiger partial charge in [-0.05, 0) is 66.7 Å². The number of carboxylic acids is 1. The lowest BCUT2D eigenvalue weighted by molar-refractivity contribution is 0.0697. The molecule has 2 N–H and O–H groups in total. The Balaban J connectivity index is 1.60. The molecular weight excluding hydrogens is 446 g/mol. The second-order valence-corrected chi connectivity index (χ2v) is 8.46. The lowest BCUT2D eigenvalue weighted by Crippen LogP contribution is -2.29. The Hall–Kier alpha value is -3.97. The number of aromatic carboxylic acids is 1. The molecule has 2 aromatic carbocycles. The summed E-state index contributed by atoms with van der Waals surface area (Å²) < 4.78 is 6.31. The largest absolute Gasteiger partial charge is 0.478 e. The predicted molar refractivity (Wildman–Crippen MR) is 135 cm³/mol. The van der Waals surface area contributed by atoms with Crippen LogP contribution in [0, 0.1) is 0 Å². The van der Waals surface area contributed by atoms with Crippen LogP contribution in [0.1, 0.15) is 46.4 Å². The zero-order valence-electron chi connectivity index (χ0n) is 18.5. The number of anilines is 1. The van der Waals surface area contributed by atoms with E-state index >= 15 is 0 Å². The molecule has 1 saturated heterocycles. The van der Waals surface area contributed by atoms with Gasteiger partial charge in [-0.2, -0.15) is 0 Å². The Bertz CT molecular complexity index is 1330. The van der Waals surface area contributed by atoms with Gasteiger partial charge in [0.25, 0.3) is 0 Å². The Kier molecular flexibility index (Phi) is 5.86. The van der Waals surface area contributed by atoms with E-state index in [9.17, 15) is 9.90 Å². The van der Waals surface area contributed by atoms with Gasteiger partial charge in [-0.25, -0.2) is 4.79 Å². The summed E-state index contributed by atoms with van der Waals surface area (Å²) in [5.41, 5.74) is 3.75. The normalized spacial score (nSPS) is 17.6. The van der Waals surface area contributed by atoms with Crippen LogP contribution in [0.5, 0.6) is 0 Å². The van der Waals surface area contributed by atoms with Crippen LogP contribution >= 0.6 is 12.2 Å². The quantitative estimate of drug-likeness (QED) is 0.347. The molecular formula is C27H23N3O3S. The maximum Gasteiger partial charge on any atom is 0.336 e. The maximum absolute atomic E-state index is 11.7. The number of aryl methyl sites for hydroxylation is 1. The van der Waals surface area contributed by atoms with Crippen LogP contribution in [-0.2, 0) is 6.42 Å². The number of aromatic nitrogens is 1. The van der Waals surface area contributed by atoms with E-state index in [1.807, 2.05) is 35.2 Å². The predicted octanol–water partition coefficient (Wildman–Crippen LogP) is 5.78. The fraction of sp³-hybridized carbons (Fsp3) is 0.148. The highest BCUT2D eigenvalue weighted by molar-refractivity contribution is 7.80. The minimum Gasteiger partial charge on any atom is -0.478 e. The molecule has 0 amide bonds. The summed E-state index contributed by atoms with van der Waals surface area (Å²) in [6.07, 6.45) is 2.71. The fourth-order valence-corrected chi connectivity index (χ4v) is 4.70. The van der Waals surface area contributed by atoms with Gasteiger partial charge in [-0.3, -0.25) is 4.98 Å². The van der Waals surface area contributed by atoms with Crippen molar-refractivity contribution in [2.24, 2.45) is 0 Å². The summed E-state index contributed by atoms with van der Waals surface area (Å²) in [7, 11) is 0. The first-order valence-corrected chi connectivity index (χ1v) is 11.5. The first-order valence-electron chi connectivity index (χ1n) is 11.1. The highest BCUT2D eigenvalue weighted by Gasteiger charge is 2.42. The van der Waals surface area contributed by atoms with Crippen molar-refractivity contribution < 1.29 is 14.3 Å². The zero-order valence-corrected chi connectivity index (χ0v) is 19.3. The monoisotopic (exact) mass is 469 g/mol. The van der Waals surface area contributed by atoms with Crippen molar-refractivity contribution in [3.63, 3.8) is 0 Å². The second-order valence-electron chi connectivity index (χ2n) is 8.07. The number of nitrogens with one attached hydrogen (secondary N) is 1. The summed E-state index contributed by atoms with van der Waals surface area (Å²) in [6, 6.07) is 24.1. The molecule has 0 unspecified atom stereocenters. The first-order chi connectivity index (χ1) is 16.6. The van der Waals surface area contributed by atoms with Crippen molar-refractivity contribution in [1.82, 2.24) is 10.3 Å². The highest BCUT2D eigenvalue weighted by atomic mass is 32.1. The summed E-state index contributed by atoms with van der Waals surface area (Å²) >= 11 is 5.76. The summed E-state index contributed by atoms with van der Waals surface area (Å²) in [6.45, 7) is 2.12. The van der Waals surface area contributed by atoms with Crippen LogP contribution in [0.25, 0.3) is 11.3 Å². The van der Waals surface area contributed by atoms with E-state index in [2.05, 4.69) is 41.5 Å². The molecule has 1 fully saturated rings. The lowest BCUT2D eigenvalue weighted by atomic mass is 10.0. The van der Waals surface area contributed by atoms with E-state index in [0.717, 1.165) is 17.8 Å². The topological polar surface area (TPSA) is 78.6 Å². The SMILES string of the molecule is CCc1ccc(N2C(=S)N[C@@H](c3ccccn3)[C@H]2c2ccc(-c3ccccc3C(=O)O)o2)cc1. The van der Waals surface area contributed by atoms with Crippen LogP contribution in [-0.4, -0.2) is 21.2 Å². The van der Waals surface area contributed by atoms with Crippen molar-refractivity contribution in [1.29, 1.82) is 0 Å². The molecule has 6 nitrogen and oxygen atoms in total. The standard InChI is InChI=1S/C27H23N3O3S/c1-2-17-10-12-18(13-11-17)30-25(24(29-27(30)34)21-9-5-6-16-28-21)23-15-14-22(33-23)19-7-3-4-8-20(19)26(31)32/h3-16,24-25H,2H2,1H3,(H,29,34)(H,31,32)/t24-,25+/m0/s1. The number of pyridine rings is 1. The lowest BCUT2D eigenvalue weighted by Gasteiger charge is -2.26. The van der Waals surface area contributed by atoms with E-state index in [1.54, 1.807) is 30.5 Å². The minimum atomic E-state index is -0.999. The number of carboxylic acid groups (broad SMARTS) is 1. The number of nitrogens with zero attached hydrogens (tertiary/aromatic N) is 2. The van der Waals surface area contributed by atoms with Gasteiger partial charge in [0.15, 0.2) is 5.11 Å². The number of furan rings is 1. The molecule has 3 heterocycles. The Labute approximate surface area is 202 Å². The first kappa shape index (κ1) is 21.9. The average Bonchev–Trinajstić information content (AvgIpc) is 3.49. The third-order valence-electron chi connectivity index (χ3n) is 6.06. The zero-order chi connectivity index (χ0) is 23.7. The van der Waals surface area contributed by atoms with Crippen molar-refractivity contribution in [3.05, 3.63) is 108 Å². The van der Waals surface area contributed by atoms with Gasteiger partial charge in [0, 0.05) is 17.4 Å². The minimum absolute atomic E-state index is 0.191. The molecule has 2 aromatic heterocycles. The molecule has 1 aliphatic rings. The number of hydrogen-bond acceptors (Lipinski definition) is 4. The van der Waals surface area contributed by atoms with Crippen LogP contribution in [0.2, 0.25) is 0 Å². The van der Waals surface area contributed by atoms with E-state index in [4.69, 9.17) is 16.6 Å². The molecule has 1 aliphatic heterocycles. The molecule has 5 rings (SSSR count). The average molecular weight is 470 g/mol. The summed E-state index contributed by atoms with van der Waals surface area (Å²) in [5, 5.41) is 13.6. The van der Waals surface area contributed by atoms with Crippen LogP contribution < -0.4 is 10.2 Å². The molecule has 170 valence electrons. The fourth-order valence-electron chi connectivity index (χ4n) is 4.36. The van der Waals surface area contributed by atoms with Gasteiger partial charge in [0.2, 0.25) is 0 Å². The molecule has 7 heteroatoms. The molecule has 2 atom stereocenters. The number of hydrogen-bond donors (Lipinski definition) is 2. The summed E-state index contributed by atoms with van der Waals surface area (Å²) in [4.78, 5) is 18.3. The molecule has 0 bridgehead atoms. The van der Waals surface area contributed by atoms with Crippen molar-refractivity contribution in [2.45, 2.75) is 25.4 Å². The Morgan fingerprint density at radius 2 is 1.82 bits per heavy atom. The van der Waals surface area contributed by atoms with Gasteiger partial charge < -0.3 is 19.7 Å². The Morgan fingerprint density at radius 1 is 1.06 bits per heavy atom.